The third-order valence-corrected chi connectivity index (χ3v) is 5.12. The van der Waals surface area contributed by atoms with Crippen LogP contribution in [0.25, 0.3) is 11.5 Å². The first-order chi connectivity index (χ1) is 12.0. The van der Waals surface area contributed by atoms with Gasteiger partial charge in [-0.05, 0) is 37.1 Å². The van der Waals surface area contributed by atoms with E-state index in [2.05, 4.69) is 10.2 Å². The summed E-state index contributed by atoms with van der Waals surface area (Å²) in [7, 11) is 0. The Bertz CT molecular complexity index is 757. The molecule has 1 saturated heterocycles. The van der Waals surface area contributed by atoms with Gasteiger partial charge in [0.2, 0.25) is 17.7 Å². The molecule has 1 aliphatic heterocycles. The molecule has 0 radical (unpaired) electrons. The number of nitrogens with two attached hydrogens (primary N) is 1. The number of primary amides is 1. The molecule has 2 N–H and O–H groups in total. The molecule has 132 valence electrons. The second kappa shape index (κ2) is 7.88. The Kier molecular flexibility index (Phi) is 5.60. The number of carbonyl (C=O) groups is 2. The summed E-state index contributed by atoms with van der Waals surface area (Å²) in [6, 6.07) is 7.07. The fourth-order valence-electron chi connectivity index (χ4n) is 2.61. The fraction of sp³-hybridized carbons (Fsp3) is 0.375. The summed E-state index contributed by atoms with van der Waals surface area (Å²) in [5, 5.41) is 8.89. The standard InChI is InChI=1S/C16H17ClN4O3S/c17-12-3-1-11(2-4-12)15-19-20-16(24-15)25-9-13(22)21-7-5-10(6-8-21)14(18)23/h1-4,10H,5-9H2,(H2,18,23). The van der Waals surface area contributed by atoms with E-state index in [1.54, 1.807) is 29.2 Å². The van der Waals surface area contributed by atoms with Crippen molar-refractivity contribution in [3.05, 3.63) is 29.3 Å². The Labute approximate surface area is 153 Å². The molecule has 9 heteroatoms. The van der Waals surface area contributed by atoms with Crippen molar-refractivity contribution in [2.45, 2.75) is 18.1 Å². The Hall–Kier alpha value is -2.06. The lowest BCUT2D eigenvalue weighted by Crippen LogP contribution is -2.42. The van der Waals surface area contributed by atoms with E-state index in [1.165, 1.54) is 11.8 Å². The van der Waals surface area contributed by atoms with Gasteiger partial charge in [-0.15, -0.1) is 10.2 Å². The van der Waals surface area contributed by atoms with E-state index in [0.29, 0.717) is 42.1 Å². The molecule has 1 aliphatic rings. The van der Waals surface area contributed by atoms with E-state index in [4.69, 9.17) is 21.8 Å². The SMILES string of the molecule is NC(=O)C1CCN(C(=O)CSc2nnc(-c3ccc(Cl)cc3)o2)CC1. The van der Waals surface area contributed by atoms with E-state index in [9.17, 15) is 9.59 Å². The normalized spacial score (nSPS) is 15.3. The van der Waals surface area contributed by atoms with Crippen LogP contribution in [0.4, 0.5) is 0 Å². The van der Waals surface area contributed by atoms with E-state index < -0.39 is 0 Å². The average molecular weight is 381 g/mol. The van der Waals surface area contributed by atoms with Crippen LogP contribution in [-0.2, 0) is 9.59 Å². The molecule has 2 aromatic rings. The number of aromatic nitrogens is 2. The molecule has 1 fully saturated rings. The molecule has 0 spiro atoms. The first kappa shape index (κ1) is 17.8. The number of carbonyl (C=O) groups excluding carboxylic acids is 2. The summed E-state index contributed by atoms with van der Waals surface area (Å²) in [5.74, 6) is 0.161. The predicted molar refractivity (Wildman–Crippen MR) is 94.0 cm³/mol. The largest absolute Gasteiger partial charge is 0.411 e. The Balaban J connectivity index is 1.51. The summed E-state index contributed by atoms with van der Waals surface area (Å²) >= 11 is 7.05. The minimum Gasteiger partial charge on any atom is -0.411 e. The number of hydrogen-bond acceptors (Lipinski definition) is 6. The smallest absolute Gasteiger partial charge is 0.277 e. The zero-order chi connectivity index (χ0) is 17.8. The molecule has 1 aromatic heterocycles. The lowest BCUT2D eigenvalue weighted by atomic mass is 9.96. The maximum Gasteiger partial charge on any atom is 0.277 e. The van der Waals surface area contributed by atoms with Crippen LogP contribution in [0.2, 0.25) is 5.02 Å². The Morgan fingerprint density at radius 1 is 1.24 bits per heavy atom. The number of halogens is 1. The fourth-order valence-corrected chi connectivity index (χ4v) is 3.40. The molecule has 2 heterocycles. The van der Waals surface area contributed by atoms with Crippen molar-refractivity contribution in [3.63, 3.8) is 0 Å². The van der Waals surface area contributed by atoms with E-state index in [1.807, 2.05) is 0 Å². The summed E-state index contributed by atoms with van der Waals surface area (Å²) in [5.41, 5.74) is 6.07. The summed E-state index contributed by atoms with van der Waals surface area (Å²) in [6.45, 7) is 1.10. The molecular weight excluding hydrogens is 364 g/mol. The minimum absolute atomic E-state index is 0.0147. The zero-order valence-corrected chi connectivity index (χ0v) is 14.9. The number of benzene rings is 1. The number of thioether (sulfide) groups is 1. The van der Waals surface area contributed by atoms with Gasteiger partial charge in [0.1, 0.15) is 0 Å². The number of likely N-dealkylation sites (tertiary alicyclic amines) is 1. The highest BCUT2D eigenvalue weighted by atomic mass is 35.5. The first-order valence-corrected chi connectivity index (χ1v) is 9.18. The third kappa shape index (κ3) is 4.52. The number of hydrogen-bond donors (Lipinski definition) is 1. The van der Waals surface area contributed by atoms with Crippen molar-refractivity contribution in [2.75, 3.05) is 18.8 Å². The second-order valence-corrected chi connectivity index (χ2v) is 7.09. The molecule has 0 bridgehead atoms. The monoisotopic (exact) mass is 380 g/mol. The molecule has 2 amide bonds. The minimum atomic E-state index is -0.290. The van der Waals surface area contributed by atoms with Crippen LogP contribution in [-0.4, -0.2) is 45.8 Å². The van der Waals surface area contributed by atoms with Gasteiger partial charge in [0, 0.05) is 29.6 Å². The summed E-state index contributed by atoms with van der Waals surface area (Å²) < 4.78 is 5.56. The van der Waals surface area contributed by atoms with Gasteiger partial charge in [0.15, 0.2) is 0 Å². The third-order valence-electron chi connectivity index (χ3n) is 4.07. The van der Waals surface area contributed by atoms with Gasteiger partial charge in [-0.1, -0.05) is 23.4 Å². The quantitative estimate of drug-likeness (QED) is 0.798. The van der Waals surface area contributed by atoms with Gasteiger partial charge in [-0.25, -0.2) is 0 Å². The first-order valence-electron chi connectivity index (χ1n) is 7.82. The van der Waals surface area contributed by atoms with E-state index in [0.717, 1.165) is 5.56 Å². The maximum atomic E-state index is 12.2. The lowest BCUT2D eigenvalue weighted by molar-refractivity contribution is -0.132. The topological polar surface area (TPSA) is 102 Å². The molecule has 3 rings (SSSR count). The van der Waals surface area contributed by atoms with Crippen LogP contribution >= 0.6 is 23.4 Å². The van der Waals surface area contributed by atoms with Gasteiger partial charge in [-0.2, -0.15) is 0 Å². The number of amides is 2. The number of rotatable bonds is 5. The van der Waals surface area contributed by atoms with E-state index >= 15 is 0 Å². The molecule has 7 nitrogen and oxygen atoms in total. The zero-order valence-electron chi connectivity index (χ0n) is 13.4. The van der Waals surface area contributed by atoms with Crippen molar-refractivity contribution in [1.29, 1.82) is 0 Å². The van der Waals surface area contributed by atoms with Crippen molar-refractivity contribution >= 4 is 35.2 Å². The highest BCUT2D eigenvalue weighted by Gasteiger charge is 2.26. The molecule has 0 unspecified atom stereocenters. The maximum absolute atomic E-state index is 12.2. The number of piperidine rings is 1. The van der Waals surface area contributed by atoms with Crippen LogP contribution in [0.3, 0.4) is 0 Å². The van der Waals surface area contributed by atoms with Crippen molar-refractivity contribution in [2.24, 2.45) is 11.7 Å². The highest BCUT2D eigenvalue weighted by molar-refractivity contribution is 7.99. The lowest BCUT2D eigenvalue weighted by Gasteiger charge is -2.30. The summed E-state index contributed by atoms with van der Waals surface area (Å²) in [6.07, 6.45) is 1.24. The second-order valence-electron chi connectivity index (χ2n) is 5.73. The average Bonchev–Trinajstić information content (AvgIpc) is 3.09. The van der Waals surface area contributed by atoms with Gasteiger partial charge < -0.3 is 15.1 Å². The van der Waals surface area contributed by atoms with Gasteiger partial charge in [0.05, 0.1) is 5.75 Å². The molecule has 1 aromatic carbocycles. The molecule has 0 saturated carbocycles. The molecular formula is C16H17ClN4O3S. The number of nitrogens with zero attached hydrogens (tertiary/aromatic N) is 3. The van der Waals surface area contributed by atoms with Gasteiger partial charge >= 0.3 is 0 Å². The van der Waals surface area contributed by atoms with Crippen LogP contribution in [0.15, 0.2) is 33.9 Å². The van der Waals surface area contributed by atoms with Crippen molar-refractivity contribution < 1.29 is 14.0 Å². The van der Waals surface area contributed by atoms with Crippen LogP contribution < -0.4 is 5.73 Å². The van der Waals surface area contributed by atoms with Gasteiger partial charge in [0.25, 0.3) is 5.22 Å². The Morgan fingerprint density at radius 3 is 2.56 bits per heavy atom. The van der Waals surface area contributed by atoms with Crippen LogP contribution in [0.1, 0.15) is 12.8 Å². The van der Waals surface area contributed by atoms with Crippen molar-refractivity contribution in [1.82, 2.24) is 15.1 Å². The summed E-state index contributed by atoms with van der Waals surface area (Å²) in [4.78, 5) is 25.1. The van der Waals surface area contributed by atoms with E-state index in [-0.39, 0.29) is 23.5 Å². The Morgan fingerprint density at radius 2 is 1.92 bits per heavy atom. The van der Waals surface area contributed by atoms with Crippen molar-refractivity contribution in [3.8, 4) is 11.5 Å². The van der Waals surface area contributed by atoms with Crippen LogP contribution in [0, 0.1) is 5.92 Å². The molecule has 0 atom stereocenters. The molecule has 0 aliphatic carbocycles. The highest BCUT2D eigenvalue weighted by Crippen LogP contribution is 2.25. The van der Waals surface area contributed by atoms with Gasteiger partial charge in [-0.3, -0.25) is 9.59 Å². The predicted octanol–water partition coefficient (Wildman–Crippen LogP) is 2.21. The molecule has 25 heavy (non-hydrogen) atoms. The van der Waals surface area contributed by atoms with Crippen LogP contribution in [0.5, 0.6) is 0 Å².